The zero-order valence-electron chi connectivity index (χ0n) is 17.7. The Labute approximate surface area is 187 Å². The van der Waals surface area contributed by atoms with Crippen LogP contribution in [0.3, 0.4) is 0 Å². The molecule has 0 unspecified atom stereocenters. The molecule has 0 aliphatic heterocycles. The van der Waals surface area contributed by atoms with Crippen LogP contribution in [0.15, 0.2) is 75.9 Å². The predicted molar refractivity (Wildman–Crippen MR) is 113 cm³/mol. The van der Waals surface area contributed by atoms with Gasteiger partial charge in [-0.3, -0.25) is 4.79 Å². The van der Waals surface area contributed by atoms with Crippen LogP contribution in [-0.4, -0.2) is 27.5 Å². The monoisotopic (exact) mass is 455 g/mol. The first-order valence-corrected chi connectivity index (χ1v) is 10.2. The molecule has 0 N–H and O–H groups in total. The molecule has 1 amide bonds. The lowest BCUT2D eigenvalue weighted by atomic mass is 10.1. The molecule has 0 aliphatic rings. The fourth-order valence-electron chi connectivity index (χ4n) is 3.32. The summed E-state index contributed by atoms with van der Waals surface area (Å²) in [5, 5.41) is 4.00. The summed E-state index contributed by atoms with van der Waals surface area (Å²) >= 11 is 0. The lowest BCUT2D eigenvalue weighted by Crippen LogP contribution is -2.32. The van der Waals surface area contributed by atoms with E-state index in [2.05, 4.69) is 10.1 Å². The maximum absolute atomic E-state index is 13.1. The molecule has 0 bridgehead atoms. The number of carbonyl (C=O) groups excluding carboxylic acids is 1. The van der Waals surface area contributed by atoms with E-state index in [0.29, 0.717) is 17.5 Å². The summed E-state index contributed by atoms with van der Waals surface area (Å²) in [7, 11) is 0. The van der Waals surface area contributed by atoms with Gasteiger partial charge in [0.15, 0.2) is 0 Å². The highest BCUT2D eigenvalue weighted by Gasteiger charge is 2.30. The normalized spacial score (nSPS) is 11.5. The number of alkyl halides is 3. The first-order chi connectivity index (χ1) is 15.8. The van der Waals surface area contributed by atoms with Crippen LogP contribution in [-0.2, 0) is 19.1 Å². The number of hydrogen-bond donors (Lipinski definition) is 0. The Hall–Kier alpha value is -3.88. The van der Waals surface area contributed by atoms with Gasteiger partial charge in [0.05, 0.1) is 18.4 Å². The number of aromatic nitrogens is 2. The molecule has 0 fully saturated rings. The molecule has 2 heterocycles. The Morgan fingerprint density at radius 1 is 1.06 bits per heavy atom. The number of nitrogens with zero attached hydrogens (tertiary/aromatic N) is 3. The lowest BCUT2D eigenvalue weighted by molar-refractivity contribution is -0.137. The van der Waals surface area contributed by atoms with Gasteiger partial charge < -0.3 is 13.8 Å². The highest BCUT2D eigenvalue weighted by atomic mass is 19.4. The summed E-state index contributed by atoms with van der Waals surface area (Å²) in [5.74, 6) is 0.899. The average molecular weight is 455 g/mol. The van der Waals surface area contributed by atoms with E-state index >= 15 is 0 Å². The van der Waals surface area contributed by atoms with Crippen LogP contribution in [0.5, 0.6) is 0 Å². The van der Waals surface area contributed by atoms with Gasteiger partial charge in [0.25, 0.3) is 5.91 Å². The van der Waals surface area contributed by atoms with Crippen molar-refractivity contribution in [2.45, 2.75) is 26.1 Å². The van der Waals surface area contributed by atoms with Crippen LogP contribution in [0, 0.1) is 6.92 Å². The topological polar surface area (TPSA) is 72.4 Å². The van der Waals surface area contributed by atoms with Gasteiger partial charge in [-0.05, 0) is 49.4 Å². The van der Waals surface area contributed by atoms with Crippen LogP contribution < -0.4 is 0 Å². The molecular formula is C24H20F3N3O3. The molecule has 2 aromatic carbocycles. The molecule has 0 saturated carbocycles. The first-order valence-electron chi connectivity index (χ1n) is 10.2. The van der Waals surface area contributed by atoms with Gasteiger partial charge in [0, 0.05) is 24.1 Å². The summed E-state index contributed by atoms with van der Waals surface area (Å²) < 4.78 is 49.2. The zero-order valence-corrected chi connectivity index (χ0v) is 17.7. The number of aryl methyl sites for hydroxylation is 1. The van der Waals surface area contributed by atoms with Gasteiger partial charge in [0.1, 0.15) is 5.76 Å². The van der Waals surface area contributed by atoms with Crippen LogP contribution in [0.1, 0.15) is 33.1 Å². The molecule has 9 heteroatoms. The lowest BCUT2D eigenvalue weighted by Gasteiger charge is -2.21. The second-order valence-electron chi connectivity index (χ2n) is 7.51. The molecule has 4 aromatic rings. The molecule has 0 radical (unpaired) electrons. The second-order valence-corrected chi connectivity index (χ2v) is 7.51. The van der Waals surface area contributed by atoms with E-state index in [4.69, 9.17) is 8.94 Å². The van der Waals surface area contributed by atoms with Crippen molar-refractivity contribution in [3.63, 3.8) is 0 Å². The Morgan fingerprint density at radius 3 is 2.52 bits per heavy atom. The molecule has 4 rings (SSSR count). The van der Waals surface area contributed by atoms with Crippen molar-refractivity contribution < 1.29 is 26.9 Å². The number of amides is 1. The van der Waals surface area contributed by atoms with E-state index in [1.54, 1.807) is 12.1 Å². The summed E-state index contributed by atoms with van der Waals surface area (Å²) in [6, 6.07) is 15.2. The van der Waals surface area contributed by atoms with Gasteiger partial charge >= 0.3 is 6.18 Å². The fourth-order valence-corrected chi connectivity index (χ4v) is 3.32. The van der Waals surface area contributed by atoms with Crippen molar-refractivity contribution in [3.8, 4) is 11.4 Å². The number of hydrogen-bond acceptors (Lipinski definition) is 5. The van der Waals surface area contributed by atoms with Crippen molar-refractivity contribution in [1.29, 1.82) is 0 Å². The molecule has 0 spiro atoms. The van der Waals surface area contributed by atoms with Crippen LogP contribution in [0.25, 0.3) is 11.4 Å². The highest BCUT2D eigenvalue weighted by Crippen LogP contribution is 2.29. The van der Waals surface area contributed by atoms with Gasteiger partial charge in [-0.2, -0.15) is 18.2 Å². The summed E-state index contributed by atoms with van der Waals surface area (Å²) in [5.41, 5.74) is 1.20. The van der Waals surface area contributed by atoms with Gasteiger partial charge in [-0.1, -0.05) is 28.9 Å². The molecule has 6 nitrogen and oxygen atoms in total. The Kier molecular flexibility index (Phi) is 6.30. The number of halogens is 3. The first kappa shape index (κ1) is 22.3. The van der Waals surface area contributed by atoms with Crippen molar-refractivity contribution in [1.82, 2.24) is 15.0 Å². The zero-order chi connectivity index (χ0) is 23.4. The van der Waals surface area contributed by atoms with E-state index in [0.717, 1.165) is 23.3 Å². The minimum Gasteiger partial charge on any atom is -0.467 e. The standard InChI is InChI=1S/C24H20F3N3O3/c1-16-4-2-5-18(14-16)22-28-21(33-29-22)11-12-30(15-20-6-3-13-32-20)23(31)17-7-9-19(10-8-17)24(25,26)27/h2-10,13-14H,11-12,15H2,1H3. The molecule has 0 saturated heterocycles. The van der Waals surface area contributed by atoms with Crippen LogP contribution >= 0.6 is 0 Å². The molecular weight excluding hydrogens is 435 g/mol. The maximum Gasteiger partial charge on any atom is 0.416 e. The van der Waals surface area contributed by atoms with E-state index in [1.165, 1.54) is 23.3 Å². The van der Waals surface area contributed by atoms with Crippen LogP contribution in [0.2, 0.25) is 0 Å². The van der Waals surface area contributed by atoms with Crippen molar-refractivity contribution in [2.24, 2.45) is 0 Å². The number of rotatable bonds is 7. The predicted octanol–water partition coefficient (Wildman–Crippen LogP) is 5.54. The van der Waals surface area contributed by atoms with Crippen LogP contribution in [0.4, 0.5) is 13.2 Å². The van der Waals surface area contributed by atoms with Crippen molar-refractivity contribution in [2.75, 3.05) is 6.54 Å². The quantitative estimate of drug-likeness (QED) is 0.366. The Bertz CT molecular complexity index is 1220. The van der Waals surface area contributed by atoms with Gasteiger partial charge in [0.2, 0.25) is 11.7 Å². The minimum absolute atomic E-state index is 0.139. The highest BCUT2D eigenvalue weighted by molar-refractivity contribution is 5.94. The molecule has 0 atom stereocenters. The Morgan fingerprint density at radius 2 is 1.85 bits per heavy atom. The van der Waals surface area contributed by atoms with Gasteiger partial charge in [-0.15, -0.1) is 0 Å². The van der Waals surface area contributed by atoms with Gasteiger partial charge in [-0.25, -0.2) is 0 Å². The largest absolute Gasteiger partial charge is 0.467 e. The second kappa shape index (κ2) is 9.32. The number of carbonyl (C=O) groups is 1. The molecule has 2 aromatic heterocycles. The van der Waals surface area contributed by atoms with E-state index < -0.39 is 17.6 Å². The smallest absolute Gasteiger partial charge is 0.416 e. The van der Waals surface area contributed by atoms with E-state index in [-0.39, 0.29) is 25.1 Å². The van der Waals surface area contributed by atoms with Crippen molar-refractivity contribution in [3.05, 3.63) is 95.3 Å². The maximum atomic E-state index is 13.1. The fraction of sp³-hybridized carbons (Fsp3) is 0.208. The third-order valence-electron chi connectivity index (χ3n) is 5.01. The third-order valence-corrected chi connectivity index (χ3v) is 5.01. The summed E-state index contributed by atoms with van der Waals surface area (Å²) in [6.45, 7) is 2.31. The Balaban J connectivity index is 1.50. The number of benzene rings is 2. The average Bonchev–Trinajstić information content (AvgIpc) is 3.48. The summed E-state index contributed by atoms with van der Waals surface area (Å²) in [4.78, 5) is 18.9. The minimum atomic E-state index is -4.47. The molecule has 33 heavy (non-hydrogen) atoms. The summed E-state index contributed by atoms with van der Waals surface area (Å²) in [6.07, 6.45) is -2.71. The SMILES string of the molecule is Cc1cccc(-c2noc(CCN(Cc3ccco3)C(=O)c3ccc(C(F)(F)F)cc3)n2)c1. The molecule has 0 aliphatic carbocycles. The van der Waals surface area contributed by atoms with E-state index in [9.17, 15) is 18.0 Å². The third kappa shape index (κ3) is 5.49. The van der Waals surface area contributed by atoms with Crippen molar-refractivity contribution >= 4 is 5.91 Å². The number of furan rings is 1. The van der Waals surface area contributed by atoms with E-state index in [1.807, 2.05) is 31.2 Å². The molecule has 170 valence electrons.